The molecular weight excluding hydrogens is 334 g/mol. The monoisotopic (exact) mass is 355 g/mol. The highest BCUT2D eigenvalue weighted by Gasteiger charge is 2.46. The van der Waals surface area contributed by atoms with E-state index >= 15 is 0 Å². The van der Waals surface area contributed by atoms with Gasteiger partial charge in [-0.1, -0.05) is 30.3 Å². The molecule has 1 aromatic carbocycles. The van der Waals surface area contributed by atoms with Crippen LogP contribution in [-0.2, 0) is 4.79 Å². The number of likely N-dealkylation sites (tertiary alicyclic amines) is 1. The Hall–Kier alpha value is -2.21. The fourth-order valence-electron chi connectivity index (χ4n) is 3.96. The second kappa shape index (κ2) is 6.26. The Morgan fingerprint density at radius 2 is 2.00 bits per heavy atom. The summed E-state index contributed by atoms with van der Waals surface area (Å²) >= 11 is 1.40. The van der Waals surface area contributed by atoms with Gasteiger partial charge in [-0.05, 0) is 31.7 Å². The van der Waals surface area contributed by atoms with Crippen molar-refractivity contribution in [1.82, 2.24) is 15.2 Å². The van der Waals surface area contributed by atoms with Crippen molar-refractivity contribution in [1.29, 1.82) is 0 Å². The van der Waals surface area contributed by atoms with Gasteiger partial charge in [-0.2, -0.15) is 0 Å². The lowest BCUT2D eigenvalue weighted by molar-refractivity contribution is -0.121. The summed E-state index contributed by atoms with van der Waals surface area (Å²) in [4.78, 5) is 31.9. The average molecular weight is 355 g/mol. The molecule has 130 valence electrons. The molecule has 2 aliphatic heterocycles. The Labute approximate surface area is 151 Å². The number of nitrogens with zero attached hydrogens (tertiary/aromatic N) is 2. The van der Waals surface area contributed by atoms with E-state index in [0.717, 1.165) is 35.4 Å². The molecule has 4 rings (SSSR count). The summed E-state index contributed by atoms with van der Waals surface area (Å²) in [5, 5.41) is 3.24. The second-order valence-electron chi connectivity index (χ2n) is 7.00. The van der Waals surface area contributed by atoms with Gasteiger partial charge in [-0.25, -0.2) is 4.98 Å². The van der Waals surface area contributed by atoms with Gasteiger partial charge in [0.25, 0.3) is 5.91 Å². The molecule has 0 bridgehead atoms. The van der Waals surface area contributed by atoms with E-state index in [1.165, 1.54) is 11.3 Å². The quantitative estimate of drug-likeness (QED) is 0.901. The number of hydrogen-bond donors (Lipinski definition) is 1. The summed E-state index contributed by atoms with van der Waals surface area (Å²) in [6.45, 7) is 3.23. The van der Waals surface area contributed by atoms with Crippen LogP contribution in [0.2, 0.25) is 0 Å². The SMILES string of the molecule is Cc1ncsc1C(=O)N1CCC2(CC1)C[C@@H](c1ccccc1)C(=O)N2. The molecule has 6 heteroatoms. The van der Waals surface area contributed by atoms with Crippen molar-refractivity contribution < 1.29 is 9.59 Å². The van der Waals surface area contributed by atoms with Gasteiger partial charge in [-0.15, -0.1) is 11.3 Å². The first-order valence-electron chi connectivity index (χ1n) is 8.64. The standard InChI is InChI=1S/C19H21N3O2S/c1-13-16(25-12-20-13)18(24)22-9-7-19(8-10-22)11-15(17(23)21-19)14-5-3-2-4-6-14/h2-6,12,15H,7-11H2,1H3,(H,21,23)/t15-/m0/s1. The van der Waals surface area contributed by atoms with Crippen molar-refractivity contribution in [3.63, 3.8) is 0 Å². The molecule has 2 fully saturated rings. The minimum absolute atomic E-state index is 0.0683. The highest BCUT2D eigenvalue weighted by atomic mass is 32.1. The maximum absolute atomic E-state index is 12.6. The van der Waals surface area contributed by atoms with Crippen LogP contribution in [0.15, 0.2) is 35.8 Å². The van der Waals surface area contributed by atoms with Crippen LogP contribution in [0.5, 0.6) is 0 Å². The molecule has 2 aromatic rings. The number of thiazole rings is 1. The summed E-state index contributed by atoms with van der Waals surface area (Å²) in [6.07, 6.45) is 2.44. The summed E-state index contributed by atoms with van der Waals surface area (Å²) < 4.78 is 0. The number of aryl methyl sites for hydroxylation is 1. The van der Waals surface area contributed by atoms with Gasteiger partial charge < -0.3 is 10.2 Å². The molecule has 25 heavy (non-hydrogen) atoms. The molecule has 0 aliphatic carbocycles. The molecule has 1 atom stereocenters. The predicted molar refractivity (Wildman–Crippen MR) is 96.7 cm³/mol. The highest BCUT2D eigenvalue weighted by molar-refractivity contribution is 7.11. The third kappa shape index (κ3) is 2.95. The molecule has 1 spiro atoms. The molecule has 0 radical (unpaired) electrons. The van der Waals surface area contributed by atoms with Gasteiger partial charge in [0.2, 0.25) is 5.91 Å². The highest BCUT2D eigenvalue weighted by Crippen LogP contribution is 2.39. The summed E-state index contributed by atoms with van der Waals surface area (Å²) in [5.41, 5.74) is 3.43. The van der Waals surface area contributed by atoms with Crippen LogP contribution in [0.3, 0.4) is 0 Å². The van der Waals surface area contributed by atoms with E-state index in [2.05, 4.69) is 10.3 Å². The number of piperidine rings is 1. The number of rotatable bonds is 2. The number of hydrogen-bond acceptors (Lipinski definition) is 4. The normalized spacial score (nSPS) is 22.2. The van der Waals surface area contributed by atoms with Gasteiger partial charge in [0.05, 0.1) is 17.1 Å². The van der Waals surface area contributed by atoms with Crippen LogP contribution in [0, 0.1) is 6.92 Å². The van der Waals surface area contributed by atoms with Crippen LogP contribution in [0.25, 0.3) is 0 Å². The molecular formula is C19H21N3O2S. The summed E-state index contributed by atoms with van der Waals surface area (Å²) in [7, 11) is 0. The van der Waals surface area contributed by atoms with E-state index in [4.69, 9.17) is 0 Å². The van der Waals surface area contributed by atoms with Gasteiger partial charge in [0.15, 0.2) is 0 Å². The zero-order chi connectivity index (χ0) is 17.4. The fraction of sp³-hybridized carbons (Fsp3) is 0.421. The lowest BCUT2D eigenvalue weighted by Gasteiger charge is -2.39. The smallest absolute Gasteiger partial charge is 0.265 e. The Balaban J connectivity index is 1.44. The molecule has 0 saturated carbocycles. The van der Waals surface area contributed by atoms with E-state index in [1.54, 1.807) is 5.51 Å². The molecule has 5 nitrogen and oxygen atoms in total. The number of carbonyl (C=O) groups is 2. The molecule has 1 N–H and O–H groups in total. The zero-order valence-electron chi connectivity index (χ0n) is 14.2. The van der Waals surface area contributed by atoms with E-state index in [9.17, 15) is 9.59 Å². The Morgan fingerprint density at radius 1 is 1.28 bits per heavy atom. The van der Waals surface area contributed by atoms with Gasteiger partial charge >= 0.3 is 0 Å². The average Bonchev–Trinajstić information content (AvgIpc) is 3.19. The first-order valence-corrected chi connectivity index (χ1v) is 9.52. The van der Waals surface area contributed by atoms with E-state index in [0.29, 0.717) is 13.1 Å². The summed E-state index contributed by atoms with van der Waals surface area (Å²) in [5.74, 6) is 0.107. The number of aromatic nitrogens is 1. The Kier molecular flexibility index (Phi) is 4.07. The lowest BCUT2D eigenvalue weighted by Crippen LogP contribution is -2.52. The van der Waals surface area contributed by atoms with Crippen LogP contribution < -0.4 is 5.32 Å². The first kappa shape index (κ1) is 16.3. The van der Waals surface area contributed by atoms with Crippen molar-refractivity contribution in [2.45, 2.75) is 37.6 Å². The zero-order valence-corrected chi connectivity index (χ0v) is 15.0. The Morgan fingerprint density at radius 3 is 2.64 bits per heavy atom. The van der Waals surface area contributed by atoms with Crippen LogP contribution in [0.1, 0.15) is 46.1 Å². The largest absolute Gasteiger partial charge is 0.350 e. The number of benzene rings is 1. The van der Waals surface area contributed by atoms with Crippen molar-refractivity contribution in [2.75, 3.05) is 13.1 Å². The van der Waals surface area contributed by atoms with Crippen LogP contribution >= 0.6 is 11.3 Å². The number of carbonyl (C=O) groups excluding carboxylic acids is 2. The topological polar surface area (TPSA) is 62.3 Å². The molecule has 2 amide bonds. The molecule has 2 aliphatic rings. The van der Waals surface area contributed by atoms with E-state index < -0.39 is 0 Å². The molecule has 2 saturated heterocycles. The van der Waals surface area contributed by atoms with E-state index in [-0.39, 0.29) is 23.3 Å². The number of nitrogens with one attached hydrogen (secondary N) is 1. The molecule has 1 aromatic heterocycles. The lowest BCUT2D eigenvalue weighted by atomic mass is 9.82. The van der Waals surface area contributed by atoms with E-state index in [1.807, 2.05) is 42.2 Å². The summed E-state index contributed by atoms with van der Waals surface area (Å²) in [6, 6.07) is 9.97. The third-order valence-electron chi connectivity index (χ3n) is 5.45. The Bertz CT molecular complexity index is 794. The molecule has 0 unspecified atom stereocenters. The van der Waals surface area contributed by atoms with Gasteiger partial charge in [0, 0.05) is 18.6 Å². The van der Waals surface area contributed by atoms with Crippen molar-refractivity contribution in [2.24, 2.45) is 0 Å². The maximum Gasteiger partial charge on any atom is 0.265 e. The van der Waals surface area contributed by atoms with Crippen LogP contribution in [0.4, 0.5) is 0 Å². The van der Waals surface area contributed by atoms with Crippen molar-refractivity contribution in [3.05, 3.63) is 52.0 Å². The van der Waals surface area contributed by atoms with Crippen LogP contribution in [-0.4, -0.2) is 40.3 Å². The molecule has 3 heterocycles. The maximum atomic E-state index is 12.6. The van der Waals surface area contributed by atoms with Gasteiger partial charge in [0.1, 0.15) is 4.88 Å². The predicted octanol–water partition coefficient (Wildman–Crippen LogP) is 2.73. The van der Waals surface area contributed by atoms with Crippen molar-refractivity contribution >= 4 is 23.2 Å². The minimum atomic E-state index is -0.170. The first-order chi connectivity index (χ1) is 12.1. The van der Waals surface area contributed by atoms with Gasteiger partial charge in [-0.3, -0.25) is 9.59 Å². The fourth-order valence-corrected chi connectivity index (χ4v) is 4.72. The van der Waals surface area contributed by atoms with Crippen molar-refractivity contribution in [3.8, 4) is 0 Å². The number of amides is 2. The second-order valence-corrected chi connectivity index (χ2v) is 7.85. The third-order valence-corrected chi connectivity index (χ3v) is 6.37. The minimum Gasteiger partial charge on any atom is -0.350 e.